The van der Waals surface area contributed by atoms with E-state index in [2.05, 4.69) is 20.8 Å². The minimum absolute atomic E-state index is 0.271. The second kappa shape index (κ2) is 29.2. The zero-order valence-electron chi connectivity index (χ0n) is 24.1. The molecule has 0 aliphatic rings. The first-order valence-electron chi connectivity index (χ1n) is 16.0. The van der Waals surface area contributed by atoms with Crippen LogP contribution in [-0.4, -0.2) is 23.9 Å². The van der Waals surface area contributed by atoms with Gasteiger partial charge in [-0.15, -0.1) is 0 Å². The van der Waals surface area contributed by atoms with Gasteiger partial charge in [-0.25, -0.2) is 0 Å². The third kappa shape index (κ3) is 28.2. The van der Waals surface area contributed by atoms with Gasteiger partial charge in [0, 0.05) is 0 Å². The monoisotopic (exact) mass is 483 g/mol. The van der Waals surface area contributed by atoms with Crippen LogP contribution >= 0.6 is 0 Å². The molecule has 0 aromatic heterocycles. The maximum Gasteiger partial charge on any atom is 0.0773 e. The van der Waals surface area contributed by atoms with Crippen molar-refractivity contribution in [1.29, 1.82) is 0 Å². The number of hydrogen-bond donors (Lipinski definition) is 1. The lowest BCUT2D eigenvalue weighted by Gasteiger charge is -2.16. The Hall–Kier alpha value is -0.0800. The molecule has 1 N–H and O–H groups in total. The summed E-state index contributed by atoms with van der Waals surface area (Å²) in [5.74, 6) is 0. The predicted octanol–water partition coefficient (Wildman–Crippen LogP) is 10.9. The molecule has 2 heteroatoms. The largest absolute Gasteiger partial charge is 0.391 e. The summed E-state index contributed by atoms with van der Waals surface area (Å²) in [6, 6.07) is 0. The van der Waals surface area contributed by atoms with Crippen molar-refractivity contribution < 1.29 is 9.84 Å². The van der Waals surface area contributed by atoms with Crippen molar-refractivity contribution in [2.45, 2.75) is 200 Å². The molecule has 206 valence electrons. The quantitative estimate of drug-likeness (QED) is 0.107. The van der Waals surface area contributed by atoms with Crippen molar-refractivity contribution in [3.8, 4) is 0 Å². The van der Waals surface area contributed by atoms with Crippen LogP contribution in [0.3, 0.4) is 0 Å². The maximum atomic E-state index is 10.2. The molecule has 2 unspecified atom stereocenters. The van der Waals surface area contributed by atoms with Crippen LogP contribution in [0.4, 0.5) is 0 Å². The van der Waals surface area contributed by atoms with Crippen LogP contribution in [-0.2, 0) is 4.74 Å². The lowest BCUT2D eigenvalue weighted by molar-refractivity contribution is -0.00913. The van der Waals surface area contributed by atoms with Crippen molar-refractivity contribution in [2.75, 3.05) is 6.61 Å². The fraction of sp³-hybridized carbons (Fsp3) is 1.00. The third-order valence-electron chi connectivity index (χ3n) is 7.43. The molecule has 0 heterocycles. The van der Waals surface area contributed by atoms with Crippen LogP contribution in [0.2, 0.25) is 0 Å². The molecule has 0 spiro atoms. The van der Waals surface area contributed by atoms with E-state index in [4.69, 9.17) is 4.74 Å². The first-order chi connectivity index (χ1) is 16.7. The summed E-state index contributed by atoms with van der Waals surface area (Å²) >= 11 is 0. The number of hydrogen-bond acceptors (Lipinski definition) is 2. The Labute approximate surface area is 216 Å². The smallest absolute Gasteiger partial charge is 0.0773 e. The number of aliphatic hydroxyl groups excluding tert-OH is 1. The second-order valence-corrected chi connectivity index (χ2v) is 11.2. The standard InChI is InChI=1S/C32H66O2/c1-4-6-8-10-12-14-16-18-20-22-24-26-28-31(3)34-30-32(33)29-27-25-23-21-19-17-15-13-11-9-7-5-2/h31-33H,4-30H2,1-3H3. The summed E-state index contributed by atoms with van der Waals surface area (Å²) in [5, 5.41) is 10.2. The minimum Gasteiger partial charge on any atom is -0.391 e. The van der Waals surface area contributed by atoms with Crippen LogP contribution in [0, 0.1) is 0 Å². The van der Waals surface area contributed by atoms with E-state index < -0.39 is 0 Å². The van der Waals surface area contributed by atoms with Gasteiger partial charge < -0.3 is 9.84 Å². The number of unbranched alkanes of at least 4 members (excludes halogenated alkanes) is 22. The van der Waals surface area contributed by atoms with Gasteiger partial charge >= 0.3 is 0 Å². The summed E-state index contributed by atoms with van der Waals surface area (Å²) in [4.78, 5) is 0. The Bertz CT molecular complexity index is 323. The van der Waals surface area contributed by atoms with E-state index in [-0.39, 0.29) is 6.10 Å². The number of aliphatic hydroxyl groups is 1. The van der Waals surface area contributed by atoms with Gasteiger partial charge in [-0.05, 0) is 19.8 Å². The summed E-state index contributed by atoms with van der Waals surface area (Å²) in [6.07, 6.45) is 35.3. The predicted molar refractivity (Wildman–Crippen MR) is 153 cm³/mol. The van der Waals surface area contributed by atoms with Crippen molar-refractivity contribution in [3.05, 3.63) is 0 Å². The molecule has 0 aromatic carbocycles. The Morgan fingerprint density at radius 1 is 0.441 bits per heavy atom. The van der Waals surface area contributed by atoms with E-state index in [1.165, 1.54) is 148 Å². The zero-order chi connectivity index (χ0) is 25.0. The van der Waals surface area contributed by atoms with E-state index in [9.17, 15) is 5.11 Å². The van der Waals surface area contributed by atoms with Crippen LogP contribution in [0.1, 0.15) is 188 Å². The maximum absolute atomic E-state index is 10.2. The zero-order valence-corrected chi connectivity index (χ0v) is 24.1. The van der Waals surface area contributed by atoms with Crippen LogP contribution in [0.15, 0.2) is 0 Å². The normalized spacial score (nSPS) is 13.4. The van der Waals surface area contributed by atoms with Gasteiger partial charge in [0.05, 0.1) is 18.8 Å². The molecule has 34 heavy (non-hydrogen) atoms. The van der Waals surface area contributed by atoms with Gasteiger partial charge in [-0.3, -0.25) is 0 Å². The highest BCUT2D eigenvalue weighted by Gasteiger charge is 2.08. The molecule has 2 nitrogen and oxygen atoms in total. The van der Waals surface area contributed by atoms with Gasteiger partial charge in [0.15, 0.2) is 0 Å². The molecule has 0 aliphatic heterocycles. The van der Waals surface area contributed by atoms with Gasteiger partial charge in [0.25, 0.3) is 0 Å². The molecule has 2 atom stereocenters. The van der Waals surface area contributed by atoms with Crippen molar-refractivity contribution in [2.24, 2.45) is 0 Å². The van der Waals surface area contributed by atoms with E-state index in [0.29, 0.717) is 12.7 Å². The number of ether oxygens (including phenoxy) is 1. The molecule has 0 aromatic rings. The molecule has 0 saturated heterocycles. The fourth-order valence-electron chi connectivity index (χ4n) is 4.94. The van der Waals surface area contributed by atoms with Gasteiger partial charge in [-0.1, -0.05) is 168 Å². The van der Waals surface area contributed by atoms with Crippen LogP contribution in [0.5, 0.6) is 0 Å². The Morgan fingerprint density at radius 2 is 0.735 bits per heavy atom. The topological polar surface area (TPSA) is 29.5 Å². The molecule has 0 amide bonds. The molecular formula is C32H66O2. The van der Waals surface area contributed by atoms with Crippen molar-refractivity contribution >= 4 is 0 Å². The summed E-state index contributed by atoms with van der Waals surface area (Å²) in [6.45, 7) is 7.28. The first kappa shape index (κ1) is 33.9. The first-order valence-corrected chi connectivity index (χ1v) is 16.0. The molecule has 0 fully saturated rings. The van der Waals surface area contributed by atoms with E-state index in [1.54, 1.807) is 0 Å². The van der Waals surface area contributed by atoms with Crippen molar-refractivity contribution in [1.82, 2.24) is 0 Å². The third-order valence-corrected chi connectivity index (χ3v) is 7.43. The Kier molecular flexibility index (Phi) is 29.1. The van der Waals surface area contributed by atoms with Crippen LogP contribution in [0.25, 0.3) is 0 Å². The van der Waals surface area contributed by atoms with Gasteiger partial charge in [0.1, 0.15) is 0 Å². The molecule has 0 aliphatic carbocycles. The molecule has 0 saturated carbocycles. The summed E-state index contributed by atoms with van der Waals surface area (Å²) in [7, 11) is 0. The van der Waals surface area contributed by atoms with Gasteiger partial charge in [-0.2, -0.15) is 0 Å². The average molecular weight is 483 g/mol. The summed E-state index contributed by atoms with van der Waals surface area (Å²) in [5.41, 5.74) is 0. The Morgan fingerprint density at radius 3 is 1.09 bits per heavy atom. The lowest BCUT2D eigenvalue weighted by atomic mass is 10.0. The van der Waals surface area contributed by atoms with Crippen LogP contribution < -0.4 is 0 Å². The van der Waals surface area contributed by atoms with E-state index >= 15 is 0 Å². The summed E-state index contributed by atoms with van der Waals surface area (Å²) < 4.78 is 5.91. The minimum atomic E-state index is -0.271. The van der Waals surface area contributed by atoms with Gasteiger partial charge in [0.2, 0.25) is 0 Å². The van der Waals surface area contributed by atoms with Crippen molar-refractivity contribution in [3.63, 3.8) is 0 Å². The SMILES string of the molecule is CCCCCCCCCCCCCCC(O)COC(C)CCCCCCCCCCCCCC. The highest BCUT2D eigenvalue weighted by atomic mass is 16.5. The lowest BCUT2D eigenvalue weighted by Crippen LogP contribution is -2.19. The Balaban J connectivity index is 3.27. The highest BCUT2D eigenvalue weighted by Crippen LogP contribution is 2.15. The molecular weight excluding hydrogens is 416 g/mol. The molecule has 0 rings (SSSR count). The number of rotatable bonds is 29. The highest BCUT2D eigenvalue weighted by molar-refractivity contribution is 4.59. The average Bonchev–Trinajstić information content (AvgIpc) is 2.84. The molecule has 0 bridgehead atoms. The van der Waals surface area contributed by atoms with E-state index in [0.717, 1.165) is 19.3 Å². The fourth-order valence-corrected chi connectivity index (χ4v) is 4.94. The second-order valence-electron chi connectivity index (χ2n) is 11.2. The van der Waals surface area contributed by atoms with E-state index in [1.807, 2.05) is 0 Å². The molecule has 0 radical (unpaired) electrons.